The van der Waals surface area contributed by atoms with Gasteiger partial charge in [0.25, 0.3) is 0 Å². The molecular formula is C36H44F16N2. The van der Waals surface area contributed by atoms with Crippen LogP contribution >= 0.6 is 0 Å². The molecule has 0 amide bonds. The third-order valence-electron chi connectivity index (χ3n) is 9.39. The number of unbranched alkanes of at least 4 members (excludes halogenated alkanes) is 4. The van der Waals surface area contributed by atoms with Crippen molar-refractivity contribution in [1.29, 1.82) is 0 Å². The van der Waals surface area contributed by atoms with Gasteiger partial charge < -0.3 is 11.5 Å². The Morgan fingerprint density at radius 2 is 0.537 bits per heavy atom. The lowest BCUT2D eigenvalue weighted by atomic mass is 9.83. The first-order valence-electron chi connectivity index (χ1n) is 17.4. The van der Waals surface area contributed by atoms with E-state index in [1.54, 1.807) is 27.7 Å². The van der Waals surface area contributed by atoms with Crippen LogP contribution in [0.15, 0.2) is 24.3 Å². The summed E-state index contributed by atoms with van der Waals surface area (Å²) < 4.78 is 242. The Bertz CT molecular complexity index is 1400. The van der Waals surface area contributed by atoms with E-state index in [1.807, 2.05) is 0 Å². The third-order valence-corrected chi connectivity index (χ3v) is 9.39. The molecule has 0 spiro atoms. The minimum Gasteiger partial charge on any atom is -0.398 e. The van der Waals surface area contributed by atoms with E-state index in [4.69, 9.17) is 11.5 Å². The van der Waals surface area contributed by atoms with Crippen LogP contribution < -0.4 is 11.5 Å². The molecule has 4 N–H and O–H groups in total. The highest BCUT2D eigenvalue weighted by atomic mass is 19.4. The third kappa shape index (κ3) is 7.81. The molecule has 0 aliphatic rings. The fourth-order valence-corrected chi connectivity index (χ4v) is 5.76. The first-order chi connectivity index (χ1) is 24.5. The van der Waals surface area contributed by atoms with Crippen molar-refractivity contribution in [2.75, 3.05) is 11.5 Å². The van der Waals surface area contributed by atoms with E-state index in [1.165, 1.54) is 0 Å². The summed E-state index contributed by atoms with van der Waals surface area (Å²) in [7, 11) is 0. The maximum absolute atomic E-state index is 15.4. The number of nitrogen functional groups attached to an aromatic ring is 2. The van der Waals surface area contributed by atoms with Gasteiger partial charge in [-0.05, 0) is 97.9 Å². The molecule has 310 valence electrons. The second-order valence-electron chi connectivity index (χ2n) is 13.4. The van der Waals surface area contributed by atoms with Crippen molar-refractivity contribution in [1.82, 2.24) is 0 Å². The number of alkyl halides is 16. The largest absolute Gasteiger partial charge is 0.398 e. The number of hydrogen-bond donors (Lipinski definition) is 2. The van der Waals surface area contributed by atoms with Gasteiger partial charge in [0, 0.05) is 22.5 Å². The van der Waals surface area contributed by atoms with Crippen molar-refractivity contribution in [2.24, 2.45) is 0 Å². The average molecular weight is 809 g/mol. The van der Waals surface area contributed by atoms with Crippen LogP contribution in [-0.4, -0.2) is 35.5 Å². The van der Waals surface area contributed by atoms with Crippen LogP contribution in [0.1, 0.15) is 112 Å². The van der Waals surface area contributed by atoms with Crippen molar-refractivity contribution in [3.63, 3.8) is 0 Å². The van der Waals surface area contributed by atoms with Crippen LogP contribution in [0, 0.1) is 0 Å². The standard InChI is InChI=1S/C36H44F16N2/c1-5-9-13-21-17-25(18-22(27(21)53)14-10-6-2)29(37,38)31(41,42)33(45,46)35(49,50)36(51,52)34(47,48)32(43,44)30(39,40)26-19-23(15-11-7-3)28(54)24(20-26)16-12-8-4/h17-20H,5-16,53-54H2,1-4H3. The molecule has 0 saturated carbocycles. The van der Waals surface area contributed by atoms with Crippen LogP contribution in [0.4, 0.5) is 81.6 Å². The molecule has 2 aromatic carbocycles. The maximum Gasteiger partial charge on any atom is 0.385 e. The molecule has 0 unspecified atom stereocenters. The van der Waals surface area contributed by atoms with Gasteiger partial charge in [0.05, 0.1) is 0 Å². The highest BCUT2D eigenvalue weighted by Gasteiger charge is 2.95. The fraction of sp³-hybridized carbons (Fsp3) is 0.667. The Labute approximate surface area is 303 Å². The lowest BCUT2D eigenvalue weighted by Crippen LogP contribution is -2.74. The highest BCUT2D eigenvalue weighted by Crippen LogP contribution is 2.66. The monoisotopic (exact) mass is 808 g/mol. The molecule has 0 aromatic heterocycles. The molecule has 0 radical (unpaired) electrons. The van der Waals surface area contributed by atoms with Gasteiger partial charge in [-0.1, -0.05) is 53.4 Å². The second-order valence-corrected chi connectivity index (χ2v) is 13.4. The van der Waals surface area contributed by atoms with E-state index in [-0.39, 0.29) is 109 Å². The zero-order valence-corrected chi connectivity index (χ0v) is 30.0. The molecule has 2 aromatic rings. The number of anilines is 2. The number of hydrogen-bond acceptors (Lipinski definition) is 2. The summed E-state index contributed by atoms with van der Waals surface area (Å²) in [6, 6.07) is 0.501. The lowest BCUT2D eigenvalue weighted by Gasteiger charge is -2.44. The van der Waals surface area contributed by atoms with E-state index in [0.29, 0.717) is 25.7 Å². The molecular weight excluding hydrogens is 764 g/mol. The minimum atomic E-state index is -8.53. The number of halogens is 16. The molecule has 0 aliphatic carbocycles. The Balaban J connectivity index is 2.77. The summed E-state index contributed by atoms with van der Waals surface area (Å²) in [6.07, 6.45) is 1.15. The quantitative estimate of drug-likeness (QED) is 0.0975. The Morgan fingerprint density at radius 3 is 0.722 bits per heavy atom. The Hall–Kier alpha value is -3.08. The van der Waals surface area contributed by atoms with E-state index >= 15 is 52.7 Å². The normalized spacial score (nSPS) is 14.2. The van der Waals surface area contributed by atoms with E-state index in [0.717, 1.165) is 0 Å². The van der Waals surface area contributed by atoms with Gasteiger partial charge in [-0.15, -0.1) is 0 Å². The highest BCUT2D eigenvalue weighted by molar-refractivity contribution is 5.58. The zero-order chi connectivity index (χ0) is 41.9. The molecule has 54 heavy (non-hydrogen) atoms. The van der Waals surface area contributed by atoms with Gasteiger partial charge in [-0.25, -0.2) is 0 Å². The van der Waals surface area contributed by atoms with Crippen LogP contribution in [0.25, 0.3) is 0 Å². The van der Waals surface area contributed by atoms with Crippen LogP contribution in [0.2, 0.25) is 0 Å². The molecule has 2 nitrogen and oxygen atoms in total. The van der Waals surface area contributed by atoms with Crippen molar-refractivity contribution in [2.45, 2.75) is 152 Å². The van der Waals surface area contributed by atoms with Crippen molar-refractivity contribution in [3.05, 3.63) is 57.6 Å². The SMILES string of the molecule is CCCCc1cc(C(F)(F)C(F)(F)C(F)(F)C(F)(F)C(F)(F)C(F)(F)C(F)(F)C(F)(F)c2cc(CCCC)c(N)c(CCCC)c2)cc(CCCC)c1N. The molecule has 0 aliphatic heterocycles. The topological polar surface area (TPSA) is 52.0 Å². The number of nitrogens with two attached hydrogens (primary N) is 2. The predicted octanol–water partition coefficient (Wildman–Crippen LogP) is 12.9. The van der Waals surface area contributed by atoms with E-state index in [9.17, 15) is 17.6 Å². The minimum absolute atomic E-state index is 0.125. The second kappa shape index (κ2) is 16.6. The van der Waals surface area contributed by atoms with Crippen molar-refractivity contribution in [3.8, 4) is 0 Å². The van der Waals surface area contributed by atoms with Crippen molar-refractivity contribution >= 4 is 11.4 Å². The number of aryl methyl sites for hydroxylation is 4. The number of benzene rings is 2. The lowest BCUT2D eigenvalue weighted by molar-refractivity contribution is -0.456. The van der Waals surface area contributed by atoms with Gasteiger partial charge in [-0.3, -0.25) is 0 Å². The molecule has 0 bridgehead atoms. The predicted molar refractivity (Wildman–Crippen MR) is 174 cm³/mol. The summed E-state index contributed by atoms with van der Waals surface area (Å²) in [5.41, 5.74) is 5.64. The molecule has 2 rings (SSSR count). The zero-order valence-electron chi connectivity index (χ0n) is 30.0. The summed E-state index contributed by atoms with van der Waals surface area (Å²) in [4.78, 5) is 0. The Kier molecular flexibility index (Phi) is 14.4. The van der Waals surface area contributed by atoms with Crippen LogP contribution in [0.5, 0.6) is 0 Å². The van der Waals surface area contributed by atoms with E-state index in [2.05, 4.69) is 0 Å². The van der Waals surface area contributed by atoms with Crippen LogP contribution in [0.3, 0.4) is 0 Å². The summed E-state index contributed by atoms with van der Waals surface area (Å²) in [5, 5.41) is 0. The Morgan fingerprint density at radius 1 is 0.352 bits per heavy atom. The molecule has 0 fully saturated rings. The first-order valence-corrected chi connectivity index (χ1v) is 17.4. The summed E-state index contributed by atoms with van der Waals surface area (Å²) >= 11 is 0. The smallest absolute Gasteiger partial charge is 0.385 e. The van der Waals surface area contributed by atoms with Gasteiger partial charge in [0.15, 0.2) is 0 Å². The maximum atomic E-state index is 15.4. The molecule has 0 atom stereocenters. The van der Waals surface area contributed by atoms with Gasteiger partial charge in [0.2, 0.25) is 0 Å². The van der Waals surface area contributed by atoms with Crippen LogP contribution in [-0.2, 0) is 37.5 Å². The molecule has 18 heteroatoms. The van der Waals surface area contributed by atoms with Gasteiger partial charge >= 0.3 is 47.4 Å². The summed E-state index contributed by atoms with van der Waals surface area (Å²) in [5.74, 6) is -62.3. The first kappa shape index (κ1) is 47.1. The molecule has 0 heterocycles. The van der Waals surface area contributed by atoms with E-state index < -0.39 is 58.5 Å². The van der Waals surface area contributed by atoms with Crippen molar-refractivity contribution < 1.29 is 70.2 Å². The average Bonchev–Trinajstić information content (AvgIpc) is 3.08. The van der Waals surface area contributed by atoms with Gasteiger partial charge in [-0.2, -0.15) is 70.2 Å². The summed E-state index contributed by atoms with van der Waals surface area (Å²) in [6.45, 7) is 6.41. The van der Waals surface area contributed by atoms with Gasteiger partial charge in [0.1, 0.15) is 0 Å². The fourth-order valence-electron chi connectivity index (χ4n) is 5.76. The number of rotatable bonds is 21. The molecule has 0 saturated heterocycles.